The van der Waals surface area contributed by atoms with Gasteiger partial charge in [0.05, 0.1) is 12.5 Å². The van der Waals surface area contributed by atoms with Gasteiger partial charge in [0.1, 0.15) is 11.8 Å². The van der Waals surface area contributed by atoms with Gasteiger partial charge >= 0.3 is 0 Å². The first kappa shape index (κ1) is 10.9. The molecule has 1 aromatic rings. The van der Waals surface area contributed by atoms with Gasteiger partial charge in [-0.2, -0.15) is 10.5 Å². The number of nitriles is 2. The molecule has 0 aliphatic heterocycles. The SMILES string of the molecule is CC(CC#N)N(C)c1nccc(C#N)n1. The van der Waals surface area contributed by atoms with E-state index >= 15 is 0 Å². The maximum atomic E-state index is 8.67. The molecule has 0 bridgehead atoms. The molecule has 0 amide bonds. The zero-order valence-corrected chi connectivity index (χ0v) is 8.68. The Morgan fingerprint density at radius 3 is 2.87 bits per heavy atom. The van der Waals surface area contributed by atoms with E-state index in [4.69, 9.17) is 10.5 Å². The summed E-state index contributed by atoms with van der Waals surface area (Å²) < 4.78 is 0. The minimum atomic E-state index is 0.0314. The van der Waals surface area contributed by atoms with E-state index in [1.807, 2.05) is 13.0 Å². The lowest BCUT2D eigenvalue weighted by Crippen LogP contribution is -2.30. The molecule has 0 aromatic carbocycles. The van der Waals surface area contributed by atoms with Gasteiger partial charge in [0.25, 0.3) is 0 Å². The van der Waals surface area contributed by atoms with Crippen molar-refractivity contribution in [2.24, 2.45) is 0 Å². The number of anilines is 1. The zero-order valence-electron chi connectivity index (χ0n) is 8.68. The fourth-order valence-corrected chi connectivity index (χ4v) is 1.05. The highest BCUT2D eigenvalue weighted by molar-refractivity contribution is 5.33. The summed E-state index contributed by atoms with van der Waals surface area (Å²) in [6, 6.07) is 5.61. The average molecular weight is 201 g/mol. The first-order valence-corrected chi connectivity index (χ1v) is 4.52. The lowest BCUT2D eigenvalue weighted by Gasteiger charge is -2.22. The van der Waals surface area contributed by atoms with Gasteiger partial charge < -0.3 is 4.90 Å². The minimum Gasteiger partial charge on any atom is -0.340 e. The van der Waals surface area contributed by atoms with Crippen LogP contribution in [-0.4, -0.2) is 23.1 Å². The molecule has 5 nitrogen and oxygen atoms in total. The first-order chi connectivity index (χ1) is 7.19. The fraction of sp³-hybridized carbons (Fsp3) is 0.400. The average Bonchev–Trinajstić information content (AvgIpc) is 2.28. The summed E-state index contributed by atoms with van der Waals surface area (Å²) in [6.07, 6.45) is 1.94. The van der Waals surface area contributed by atoms with E-state index in [0.717, 1.165) is 0 Å². The predicted molar refractivity (Wildman–Crippen MR) is 54.8 cm³/mol. The molecule has 5 heteroatoms. The summed E-state index contributed by atoms with van der Waals surface area (Å²) >= 11 is 0. The normalized spacial score (nSPS) is 11.2. The summed E-state index contributed by atoms with van der Waals surface area (Å²) in [5.74, 6) is 0.469. The van der Waals surface area contributed by atoms with Gasteiger partial charge in [0.2, 0.25) is 5.95 Å². The molecule has 1 unspecified atom stereocenters. The standard InChI is InChI=1S/C10H11N5/c1-8(3-5-11)15(2)10-13-6-4-9(7-12)14-10/h4,6,8H,3H2,1-2H3. The Labute approximate surface area is 88.6 Å². The molecule has 1 aromatic heterocycles. The van der Waals surface area contributed by atoms with Gasteiger partial charge in [-0.25, -0.2) is 9.97 Å². The van der Waals surface area contributed by atoms with Crippen LogP contribution in [0.5, 0.6) is 0 Å². The Hall–Kier alpha value is -2.14. The summed E-state index contributed by atoms with van der Waals surface area (Å²) in [5, 5.41) is 17.2. The van der Waals surface area contributed by atoms with Gasteiger partial charge in [-0.05, 0) is 13.0 Å². The third-order valence-corrected chi connectivity index (χ3v) is 2.12. The molecule has 76 valence electrons. The molecular formula is C10H11N5. The molecule has 0 aliphatic carbocycles. The van der Waals surface area contributed by atoms with E-state index in [2.05, 4.69) is 16.0 Å². The van der Waals surface area contributed by atoms with Gasteiger partial charge in [0, 0.05) is 19.3 Å². The summed E-state index contributed by atoms with van der Waals surface area (Å²) in [4.78, 5) is 9.87. The smallest absolute Gasteiger partial charge is 0.226 e. The lowest BCUT2D eigenvalue weighted by atomic mass is 10.2. The van der Waals surface area contributed by atoms with E-state index in [9.17, 15) is 0 Å². The van der Waals surface area contributed by atoms with Crippen molar-refractivity contribution in [3.63, 3.8) is 0 Å². The number of nitrogens with zero attached hydrogens (tertiary/aromatic N) is 5. The van der Waals surface area contributed by atoms with Crippen molar-refractivity contribution in [3.05, 3.63) is 18.0 Å². The van der Waals surface area contributed by atoms with E-state index in [1.165, 1.54) is 6.20 Å². The molecule has 0 fully saturated rings. The maximum absolute atomic E-state index is 8.67. The third kappa shape index (κ3) is 2.65. The van der Waals surface area contributed by atoms with E-state index in [0.29, 0.717) is 18.1 Å². The number of hydrogen-bond donors (Lipinski definition) is 0. The minimum absolute atomic E-state index is 0.0314. The molecule has 1 heterocycles. The second-order valence-electron chi connectivity index (χ2n) is 3.18. The Kier molecular flexibility index (Phi) is 3.59. The molecule has 0 N–H and O–H groups in total. The predicted octanol–water partition coefficient (Wildman–Crippen LogP) is 1.09. The maximum Gasteiger partial charge on any atom is 0.226 e. The Balaban J connectivity index is 2.87. The van der Waals surface area contributed by atoms with Gasteiger partial charge in [-0.1, -0.05) is 0 Å². The summed E-state index contributed by atoms with van der Waals surface area (Å²) in [5.41, 5.74) is 0.330. The van der Waals surface area contributed by atoms with Crippen LogP contribution in [0.15, 0.2) is 12.3 Å². The van der Waals surface area contributed by atoms with Gasteiger partial charge in [-0.15, -0.1) is 0 Å². The largest absolute Gasteiger partial charge is 0.340 e. The van der Waals surface area contributed by atoms with Crippen LogP contribution in [-0.2, 0) is 0 Å². The quantitative estimate of drug-likeness (QED) is 0.731. The number of hydrogen-bond acceptors (Lipinski definition) is 5. The monoisotopic (exact) mass is 201 g/mol. The second kappa shape index (κ2) is 4.92. The fourth-order valence-electron chi connectivity index (χ4n) is 1.05. The molecular weight excluding hydrogens is 190 g/mol. The topological polar surface area (TPSA) is 76.6 Å². The molecule has 1 rings (SSSR count). The van der Waals surface area contributed by atoms with E-state index in [-0.39, 0.29) is 6.04 Å². The highest BCUT2D eigenvalue weighted by Crippen LogP contribution is 2.10. The van der Waals surface area contributed by atoms with Crippen molar-refractivity contribution in [1.82, 2.24) is 9.97 Å². The Bertz CT molecular complexity index is 415. The van der Waals surface area contributed by atoms with Crippen LogP contribution in [0.4, 0.5) is 5.95 Å². The number of aromatic nitrogens is 2. The van der Waals surface area contributed by atoms with Crippen LogP contribution in [0, 0.1) is 22.7 Å². The van der Waals surface area contributed by atoms with E-state index < -0.39 is 0 Å². The molecule has 0 saturated carbocycles. The molecule has 0 radical (unpaired) electrons. The summed E-state index contributed by atoms with van der Waals surface area (Å²) in [7, 11) is 1.80. The van der Waals surface area contributed by atoms with Crippen molar-refractivity contribution in [2.45, 2.75) is 19.4 Å². The Morgan fingerprint density at radius 2 is 2.27 bits per heavy atom. The van der Waals surface area contributed by atoms with E-state index in [1.54, 1.807) is 18.0 Å². The molecule has 0 spiro atoms. The molecule has 0 saturated heterocycles. The highest BCUT2D eigenvalue weighted by Gasteiger charge is 2.12. The zero-order chi connectivity index (χ0) is 11.3. The van der Waals surface area contributed by atoms with Crippen molar-refractivity contribution < 1.29 is 0 Å². The van der Waals surface area contributed by atoms with Crippen molar-refractivity contribution in [2.75, 3.05) is 11.9 Å². The lowest BCUT2D eigenvalue weighted by molar-refractivity contribution is 0.683. The van der Waals surface area contributed by atoms with Crippen molar-refractivity contribution >= 4 is 5.95 Å². The highest BCUT2D eigenvalue weighted by atomic mass is 15.2. The van der Waals surface area contributed by atoms with Crippen LogP contribution in [0.25, 0.3) is 0 Å². The molecule has 1 atom stereocenters. The van der Waals surface area contributed by atoms with Crippen LogP contribution < -0.4 is 4.90 Å². The van der Waals surface area contributed by atoms with Gasteiger partial charge in [0.15, 0.2) is 0 Å². The third-order valence-electron chi connectivity index (χ3n) is 2.12. The summed E-state index contributed by atoms with van der Waals surface area (Å²) in [6.45, 7) is 1.91. The number of rotatable bonds is 3. The van der Waals surface area contributed by atoms with Crippen LogP contribution in [0.2, 0.25) is 0 Å². The van der Waals surface area contributed by atoms with Gasteiger partial charge in [-0.3, -0.25) is 0 Å². The van der Waals surface area contributed by atoms with Crippen LogP contribution in [0.3, 0.4) is 0 Å². The van der Waals surface area contributed by atoms with Crippen LogP contribution in [0.1, 0.15) is 19.0 Å². The Morgan fingerprint density at radius 1 is 1.53 bits per heavy atom. The molecule has 0 aliphatic rings. The van der Waals surface area contributed by atoms with Crippen molar-refractivity contribution in [3.8, 4) is 12.1 Å². The molecule has 15 heavy (non-hydrogen) atoms. The van der Waals surface area contributed by atoms with Crippen LogP contribution >= 0.6 is 0 Å². The second-order valence-corrected chi connectivity index (χ2v) is 3.18. The first-order valence-electron chi connectivity index (χ1n) is 4.52. The van der Waals surface area contributed by atoms with Crippen molar-refractivity contribution in [1.29, 1.82) is 10.5 Å².